The minimum Gasteiger partial charge on any atom is -0.349 e. The summed E-state index contributed by atoms with van der Waals surface area (Å²) in [6, 6.07) is 15.9. The van der Waals surface area contributed by atoms with Gasteiger partial charge in [-0.15, -0.1) is 0 Å². The Bertz CT molecular complexity index is 1240. The SMILES string of the molecule is Cc1ccc(Cn2nc(C)c(/C=C/C(=O)N3CCC(NC(=O)c4ccccc4C)CC3)c2Cl)cc1. The van der Waals surface area contributed by atoms with Crippen LogP contribution in [-0.4, -0.2) is 45.6 Å². The number of piperidine rings is 1. The quantitative estimate of drug-likeness (QED) is 0.497. The van der Waals surface area contributed by atoms with Crippen molar-refractivity contribution < 1.29 is 9.59 Å². The van der Waals surface area contributed by atoms with Gasteiger partial charge in [-0.1, -0.05) is 59.6 Å². The maximum atomic E-state index is 12.8. The molecular weight excluding hydrogens is 460 g/mol. The summed E-state index contributed by atoms with van der Waals surface area (Å²) in [7, 11) is 0. The maximum Gasteiger partial charge on any atom is 0.251 e. The lowest BCUT2D eigenvalue weighted by molar-refractivity contribution is -0.126. The fourth-order valence-corrected chi connectivity index (χ4v) is 4.62. The number of halogens is 1. The summed E-state index contributed by atoms with van der Waals surface area (Å²) in [5, 5.41) is 8.18. The van der Waals surface area contributed by atoms with Crippen LogP contribution in [0.5, 0.6) is 0 Å². The Labute approximate surface area is 211 Å². The van der Waals surface area contributed by atoms with Crippen molar-refractivity contribution in [2.75, 3.05) is 13.1 Å². The van der Waals surface area contributed by atoms with E-state index >= 15 is 0 Å². The predicted molar refractivity (Wildman–Crippen MR) is 140 cm³/mol. The third-order valence-electron chi connectivity index (χ3n) is 6.49. The van der Waals surface area contributed by atoms with Crippen molar-refractivity contribution in [3.05, 3.63) is 93.3 Å². The van der Waals surface area contributed by atoms with E-state index in [-0.39, 0.29) is 17.9 Å². The van der Waals surface area contributed by atoms with Crippen molar-refractivity contribution in [3.63, 3.8) is 0 Å². The van der Waals surface area contributed by atoms with Crippen LogP contribution in [-0.2, 0) is 11.3 Å². The zero-order chi connectivity index (χ0) is 24.9. The average Bonchev–Trinajstić information content (AvgIpc) is 3.11. The van der Waals surface area contributed by atoms with E-state index in [4.69, 9.17) is 11.6 Å². The highest BCUT2D eigenvalue weighted by molar-refractivity contribution is 6.31. The molecule has 0 atom stereocenters. The van der Waals surface area contributed by atoms with Crippen LogP contribution >= 0.6 is 11.6 Å². The van der Waals surface area contributed by atoms with Gasteiger partial charge in [0.15, 0.2) is 0 Å². The van der Waals surface area contributed by atoms with Gasteiger partial charge in [-0.05, 0) is 56.9 Å². The molecule has 1 aliphatic heterocycles. The van der Waals surface area contributed by atoms with Crippen LogP contribution in [0.4, 0.5) is 0 Å². The molecule has 3 aromatic rings. The van der Waals surface area contributed by atoms with E-state index in [9.17, 15) is 9.59 Å². The summed E-state index contributed by atoms with van der Waals surface area (Å²) >= 11 is 6.59. The van der Waals surface area contributed by atoms with Crippen molar-refractivity contribution in [2.24, 2.45) is 0 Å². The molecule has 1 aromatic heterocycles. The van der Waals surface area contributed by atoms with Gasteiger partial charge in [0, 0.05) is 36.3 Å². The monoisotopic (exact) mass is 490 g/mol. The Hall–Kier alpha value is -3.38. The second kappa shape index (κ2) is 10.9. The second-order valence-corrected chi connectivity index (χ2v) is 9.51. The highest BCUT2D eigenvalue weighted by Gasteiger charge is 2.23. The first kappa shape index (κ1) is 24.7. The Balaban J connectivity index is 1.32. The zero-order valence-electron chi connectivity index (χ0n) is 20.4. The topological polar surface area (TPSA) is 67.2 Å². The van der Waals surface area contributed by atoms with E-state index < -0.39 is 0 Å². The summed E-state index contributed by atoms with van der Waals surface area (Å²) in [5.41, 5.74) is 5.51. The van der Waals surface area contributed by atoms with E-state index in [0.29, 0.717) is 30.4 Å². The number of nitrogens with one attached hydrogen (secondary N) is 1. The van der Waals surface area contributed by atoms with Gasteiger partial charge in [-0.25, -0.2) is 4.68 Å². The third-order valence-corrected chi connectivity index (χ3v) is 6.89. The van der Waals surface area contributed by atoms with E-state index in [1.807, 2.05) is 43.0 Å². The molecule has 2 heterocycles. The number of carbonyl (C=O) groups is 2. The molecule has 0 bridgehead atoms. The molecule has 1 N–H and O–H groups in total. The smallest absolute Gasteiger partial charge is 0.251 e. The molecular formula is C28H31ClN4O2. The Morgan fingerprint density at radius 3 is 2.43 bits per heavy atom. The molecule has 182 valence electrons. The number of amides is 2. The number of aromatic nitrogens is 2. The summed E-state index contributed by atoms with van der Waals surface area (Å²) in [4.78, 5) is 27.2. The number of hydrogen-bond acceptors (Lipinski definition) is 3. The van der Waals surface area contributed by atoms with Crippen molar-refractivity contribution in [3.8, 4) is 0 Å². The Kier molecular flexibility index (Phi) is 7.71. The molecule has 0 unspecified atom stereocenters. The van der Waals surface area contributed by atoms with Crippen molar-refractivity contribution in [2.45, 2.75) is 46.2 Å². The van der Waals surface area contributed by atoms with Crippen molar-refractivity contribution in [1.29, 1.82) is 0 Å². The fraction of sp³-hybridized carbons (Fsp3) is 0.321. The first-order valence-corrected chi connectivity index (χ1v) is 12.3. The lowest BCUT2D eigenvalue weighted by Gasteiger charge is -2.31. The van der Waals surface area contributed by atoms with Gasteiger partial charge in [0.2, 0.25) is 5.91 Å². The average molecular weight is 491 g/mol. The summed E-state index contributed by atoms with van der Waals surface area (Å²) in [5.74, 6) is -0.115. The van der Waals surface area contributed by atoms with E-state index in [0.717, 1.165) is 35.2 Å². The van der Waals surface area contributed by atoms with Gasteiger partial charge in [0.1, 0.15) is 5.15 Å². The molecule has 4 rings (SSSR count). The minimum absolute atomic E-state index is 0.0551. The van der Waals surface area contributed by atoms with Crippen LogP contribution in [0.3, 0.4) is 0 Å². The van der Waals surface area contributed by atoms with E-state index in [1.54, 1.807) is 16.8 Å². The zero-order valence-corrected chi connectivity index (χ0v) is 21.2. The second-order valence-electron chi connectivity index (χ2n) is 9.15. The van der Waals surface area contributed by atoms with Crippen LogP contribution in [0.15, 0.2) is 54.6 Å². The first-order valence-electron chi connectivity index (χ1n) is 11.9. The van der Waals surface area contributed by atoms with E-state index in [2.05, 4.69) is 41.6 Å². The number of rotatable bonds is 6. The molecule has 1 fully saturated rings. The number of likely N-dealkylation sites (tertiary alicyclic amines) is 1. The molecule has 0 radical (unpaired) electrons. The first-order chi connectivity index (χ1) is 16.8. The predicted octanol–water partition coefficient (Wildman–Crippen LogP) is 4.94. The standard InChI is InChI=1S/C28H31ClN4O2/c1-19-8-10-22(11-9-19)18-33-27(29)25(21(3)31-33)12-13-26(34)32-16-14-23(15-17-32)30-28(35)24-7-5-4-6-20(24)2/h4-13,23H,14-18H2,1-3H3,(H,30,35)/b13-12+. The summed E-state index contributed by atoms with van der Waals surface area (Å²) < 4.78 is 1.76. The fourth-order valence-electron chi connectivity index (χ4n) is 4.32. The van der Waals surface area contributed by atoms with Crippen LogP contribution in [0.25, 0.3) is 6.08 Å². The summed E-state index contributed by atoms with van der Waals surface area (Å²) in [6.07, 6.45) is 4.78. The summed E-state index contributed by atoms with van der Waals surface area (Å²) in [6.45, 7) is 7.65. The molecule has 1 aliphatic rings. The molecule has 0 spiro atoms. The van der Waals surface area contributed by atoms with Crippen LogP contribution < -0.4 is 5.32 Å². The molecule has 0 aliphatic carbocycles. The maximum absolute atomic E-state index is 12.8. The van der Waals surface area contributed by atoms with Gasteiger partial charge in [0.25, 0.3) is 5.91 Å². The van der Waals surface area contributed by atoms with Crippen molar-refractivity contribution in [1.82, 2.24) is 20.0 Å². The Morgan fingerprint density at radius 1 is 1.06 bits per heavy atom. The highest BCUT2D eigenvalue weighted by Crippen LogP contribution is 2.23. The van der Waals surface area contributed by atoms with Crippen LogP contribution in [0.2, 0.25) is 5.15 Å². The molecule has 35 heavy (non-hydrogen) atoms. The van der Waals surface area contributed by atoms with Gasteiger partial charge < -0.3 is 10.2 Å². The third kappa shape index (κ3) is 6.01. The number of nitrogens with zero attached hydrogens (tertiary/aromatic N) is 3. The molecule has 1 saturated heterocycles. The Morgan fingerprint density at radius 2 is 1.74 bits per heavy atom. The van der Waals surface area contributed by atoms with Gasteiger partial charge in [-0.2, -0.15) is 5.10 Å². The van der Waals surface area contributed by atoms with Gasteiger partial charge in [-0.3, -0.25) is 9.59 Å². The van der Waals surface area contributed by atoms with Crippen LogP contribution in [0.1, 0.15) is 51.1 Å². The number of benzene rings is 2. The van der Waals surface area contributed by atoms with Crippen LogP contribution in [0, 0.1) is 20.8 Å². The molecule has 2 aromatic carbocycles. The largest absolute Gasteiger partial charge is 0.349 e. The lowest BCUT2D eigenvalue weighted by Crippen LogP contribution is -2.46. The molecule has 7 heteroatoms. The molecule has 2 amide bonds. The van der Waals surface area contributed by atoms with Crippen molar-refractivity contribution >= 4 is 29.5 Å². The highest BCUT2D eigenvalue weighted by atomic mass is 35.5. The molecule has 0 saturated carbocycles. The lowest BCUT2D eigenvalue weighted by atomic mass is 10.0. The number of hydrogen-bond donors (Lipinski definition) is 1. The normalized spacial score (nSPS) is 14.5. The molecule has 6 nitrogen and oxygen atoms in total. The van der Waals surface area contributed by atoms with Gasteiger partial charge in [0.05, 0.1) is 12.2 Å². The van der Waals surface area contributed by atoms with E-state index in [1.165, 1.54) is 5.56 Å². The minimum atomic E-state index is -0.0598. The number of aryl methyl sites for hydroxylation is 3. The van der Waals surface area contributed by atoms with Gasteiger partial charge >= 0.3 is 0 Å². The number of carbonyl (C=O) groups excluding carboxylic acids is 2.